The summed E-state index contributed by atoms with van der Waals surface area (Å²) >= 11 is 19.1. The molecule has 1 N–H and O–H groups in total. The number of halogens is 3. The van der Waals surface area contributed by atoms with E-state index in [1.807, 2.05) is 19.1 Å². The maximum Gasteiger partial charge on any atom is 0.224 e. The van der Waals surface area contributed by atoms with Crippen molar-refractivity contribution in [1.29, 1.82) is 0 Å². The molecule has 0 amide bonds. The number of thiophene rings is 1. The van der Waals surface area contributed by atoms with E-state index < -0.39 is 0 Å². The van der Waals surface area contributed by atoms with Crippen molar-refractivity contribution in [3.05, 3.63) is 37.8 Å². The standard InChI is InChI=1S/C10H8Cl3N3S/c1-5(7-2-3-8(12)17-7)15-9-6(11)4-14-10(13)16-9/h2-5H,1H3,(H,14,15,16). The second-order valence-electron chi connectivity index (χ2n) is 3.34. The van der Waals surface area contributed by atoms with E-state index in [4.69, 9.17) is 34.8 Å². The Morgan fingerprint density at radius 1 is 1.29 bits per heavy atom. The highest BCUT2D eigenvalue weighted by molar-refractivity contribution is 7.16. The Kier molecular flexibility index (Phi) is 4.09. The van der Waals surface area contributed by atoms with Gasteiger partial charge in [0.1, 0.15) is 10.8 Å². The van der Waals surface area contributed by atoms with Crippen molar-refractivity contribution >= 4 is 52.0 Å². The molecule has 2 rings (SSSR count). The van der Waals surface area contributed by atoms with Crippen LogP contribution in [0.15, 0.2) is 18.3 Å². The predicted molar refractivity (Wildman–Crippen MR) is 73.4 cm³/mol. The minimum absolute atomic E-state index is 0.0518. The maximum absolute atomic E-state index is 5.96. The molecule has 0 aromatic carbocycles. The zero-order chi connectivity index (χ0) is 12.4. The third-order valence-corrected chi connectivity index (χ3v) is 3.96. The average molecular weight is 309 g/mol. The fraction of sp³-hybridized carbons (Fsp3) is 0.200. The fourth-order valence-electron chi connectivity index (χ4n) is 1.28. The van der Waals surface area contributed by atoms with Gasteiger partial charge in [-0.2, -0.15) is 4.98 Å². The molecule has 1 atom stereocenters. The summed E-state index contributed by atoms with van der Waals surface area (Å²) in [5.41, 5.74) is 0. The van der Waals surface area contributed by atoms with Gasteiger partial charge in [0.15, 0.2) is 0 Å². The molecule has 0 saturated carbocycles. The van der Waals surface area contributed by atoms with E-state index in [0.717, 1.165) is 9.21 Å². The van der Waals surface area contributed by atoms with Gasteiger partial charge in [0.2, 0.25) is 5.28 Å². The van der Waals surface area contributed by atoms with Crippen molar-refractivity contribution in [2.75, 3.05) is 5.32 Å². The topological polar surface area (TPSA) is 37.8 Å². The highest BCUT2D eigenvalue weighted by Gasteiger charge is 2.11. The van der Waals surface area contributed by atoms with Gasteiger partial charge in [-0.25, -0.2) is 4.98 Å². The molecule has 17 heavy (non-hydrogen) atoms. The average Bonchev–Trinajstić information content (AvgIpc) is 2.70. The minimum Gasteiger partial charge on any atom is -0.361 e. The number of nitrogens with zero attached hydrogens (tertiary/aromatic N) is 2. The largest absolute Gasteiger partial charge is 0.361 e. The molecule has 0 aliphatic carbocycles. The molecule has 0 radical (unpaired) electrons. The second kappa shape index (κ2) is 5.40. The van der Waals surface area contributed by atoms with E-state index in [2.05, 4.69) is 15.3 Å². The van der Waals surface area contributed by atoms with Crippen LogP contribution >= 0.6 is 46.1 Å². The molecule has 0 saturated heterocycles. The van der Waals surface area contributed by atoms with Gasteiger partial charge < -0.3 is 5.32 Å². The molecule has 2 aromatic rings. The number of rotatable bonds is 3. The van der Waals surface area contributed by atoms with Crippen LogP contribution in [0.2, 0.25) is 14.6 Å². The van der Waals surface area contributed by atoms with Gasteiger partial charge in [-0.15, -0.1) is 11.3 Å². The highest BCUT2D eigenvalue weighted by Crippen LogP contribution is 2.30. The van der Waals surface area contributed by atoms with Crippen LogP contribution in [0.1, 0.15) is 17.8 Å². The molecule has 2 aromatic heterocycles. The molecular weight excluding hydrogens is 301 g/mol. The van der Waals surface area contributed by atoms with Crippen molar-refractivity contribution in [1.82, 2.24) is 9.97 Å². The number of nitrogens with one attached hydrogen (secondary N) is 1. The van der Waals surface area contributed by atoms with Gasteiger partial charge in [0, 0.05) is 4.88 Å². The van der Waals surface area contributed by atoms with Crippen molar-refractivity contribution < 1.29 is 0 Å². The van der Waals surface area contributed by atoms with Crippen LogP contribution in [0.4, 0.5) is 5.82 Å². The molecular formula is C10H8Cl3N3S. The van der Waals surface area contributed by atoms with E-state index >= 15 is 0 Å². The maximum atomic E-state index is 5.96. The van der Waals surface area contributed by atoms with Gasteiger partial charge in [0.05, 0.1) is 16.6 Å². The first-order valence-electron chi connectivity index (χ1n) is 4.76. The van der Waals surface area contributed by atoms with Crippen LogP contribution in [-0.2, 0) is 0 Å². The van der Waals surface area contributed by atoms with E-state index in [-0.39, 0.29) is 11.3 Å². The van der Waals surface area contributed by atoms with Gasteiger partial charge in [-0.3, -0.25) is 0 Å². The summed E-state index contributed by atoms with van der Waals surface area (Å²) < 4.78 is 0.750. The second-order valence-corrected chi connectivity index (χ2v) is 5.84. The summed E-state index contributed by atoms with van der Waals surface area (Å²) in [5.74, 6) is 0.517. The lowest BCUT2D eigenvalue weighted by Crippen LogP contribution is -2.07. The van der Waals surface area contributed by atoms with Crippen LogP contribution in [0.3, 0.4) is 0 Å². The SMILES string of the molecule is CC(Nc1nc(Cl)ncc1Cl)c1ccc(Cl)s1. The number of anilines is 1. The Balaban J connectivity index is 2.18. The Hall–Kier alpha value is -0.550. The highest BCUT2D eigenvalue weighted by atomic mass is 35.5. The van der Waals surface area contributed by atoms with Gasteiger partial charge >= 0.3 is 0 Å². The Morgan fingerprint density at radius 3 is 2.71 bits per heavy atom. The van der Waals surface area contributed by atoms with Crippen LogP contribution in [0.5, 0.6) is 0 Å². The van der Waals surface area contributed by atoms with Gasteiger partial charge in [0.25, 0.3) is 0 Å². The van der Waals surface area contributed by atoms with Crippen LogP contribution in [-0.4, -0.2) is 9.97 Å². The van der Waals surface area contributed by atoms with E-state index in [9.17, 15) is 0 Å². The van der Waals surface area contributed by atoms with Crippen molar-refractivity contribution in [2.24, 2.45) is 0 Å². The summed E-state index contributed by atoms with van der Waals surface area (Å²) in [6.45, 7) is 1.99. The monoisotopic (exact) mass is 307 g/mol. The summed E-state index contributed by atoms with van der Waals surface area (Å²) in [6.07, 6.45) is 1.47. The Labute approximate surface area is 118 Å². The van der Waals surface area contributed by atoms with Crippen LogP contribution < -0.4 is 5.32 Å². The quantitative estimate of drug-likeness (QED) is 0.837. The number of aromatic nitrogens is 2. The molecule has 1 unspecified atom stereocenters. The fourth-order valence-corrected chi connectivity index (χ4v) is 2.63. The van der Waals surface area contributed by atoms with E-state index in [1.54, 1.807) is 0 Å². The molecule has 0 spiro atoms. The molecule has 2 heterocycles. The predicted octanol–water partition coefficient (Wildman–Crippen LogP) is 4.67. The smallest absolute Gasteiger partial charge is 0.224 e. The molecule has 90 valence electrons. The van der Waals surface area contributed by atoms with E-state index in [0.29, 0.717) is 10.8 Å². The molecule has 0 fully saturated rings. The molecule has 7 heteroatoms. The van der Waals surface area contributed by atoms with Crippen molar-refractivity contribution in [3.63, 3.8) is 0 Å². The first kappa shape index (κ1) is 12.9. The van der Waals surface area contributed by atoms with E-state index in [1.165, 1.54) is 17.5 Å². The number of hydrogen-bond donors (Lipinski definition) is 1. The first-order chi connectivity index (χ1) is 8.06. The Morgan fingerprint density at radius 2 is 2.06 bits per heavy atom. The normalized spacial score (nSPS) is 12.5. The van der Waals surface area contributed by atoms with Gasteiger partial charge in [-0.1, -0.05) is 23.2 Å². The minimum atomic E-state index is 0.0518. The first-order valence-corrected chi connectivity index (χ1v) is 6.71. The number of hydrogen-bond acceptors (Lipinski definition) is 4. The van der Waals surface area contributed by atoms with Crippen molar-refractivity contribution in [3.8, 4) is 0 Å². The summed E-state index contributed by atoms with van der Waals surface area (Å²) in [6, 6.07) is 3.87. The van der Waals surface area contributed by atoms with Crippen LogP contribution in [0.25, 0.3) is 0 Å². The Bertz CT molecular complexity index is 529. The molecule has 0 aliphatic rings. The lowest BCUT2D eigenvalue weighted by Gasteiger charge is -2.13. The molecule has 0 aliphatic heterocycles. The zero-order valence-corrected chi connectivity index (χ0v) is 11.8. The van der Waals surface area contributed by atoms with Gasteiger partial charge in [-0.05, 0) is 30.7 Å². The van der Waals surface area contributed by atoms with Crippen molar-refractivity contribution in [2.45, 2.75) is 13.0 Å². The lowest BCUT2D eigenvalue weighted by molar-refractivity contribution is 0.893. The third-order valence-electron chi connectivity index (χ3n) is 2.09. The summed E-state index contributed by atoms with van der Waals surface area (Å²) in [7, 11) is 0. The molecule has 3 nitrogen and oxygen atoms in total. The third kappa shape index (κ3) is 3.22. The summed E-state index contributed by atoms with van der Waals surface area (Å²) in [4.78, 5) is 8.91. The van der Waals surface area contributed by atoms with Crippen LogP contribution in [0, 0.1) is 0 Å². The lowest BCUT2D eigenvalue weighted by atomic mass is 10.3. The molecule has 0 bridgehead atoms. The summed E-state index contributed by atoms with van der Waals surface area (Å²) in [5, 5.41) is 3.76. The zero-order valence-electron chi connectivity index (χ0n) is 8.75.